The van der Waals surface area contributed by atoms with E-state index in [1.54, 1.807) is 20.8 Å². The number of carbonyl (C=O) groups excluding carboxylic acids is 2. The van der Waals surface area contributed by atoms with Crippen LogP contribution in [0.4, 0.5) is 10.5 Å². The van der Waals surface area contributed by atoms with Crippen LogP contribution in [0.3, 0.4) is 0 Å². The molecule has 0 heterocycles. The minimum absolute atomic E-state index is 0.153. The number of benzene rings is 1. The lowest BCUT2D eigenvalue weighted by atomic mass is 10.1. The summed E-state index contributed by atoms with van der Waals surface area (Å²) in [6.45, 7) is 10.8. The maximum Gasteiger partial charge on any atom is 0.413 e. The van der Waals surface area contributed by atoms with Gasteiger partial charge in [-0.25, -0.2) is 9.59 Å². The smallest absolute Gasteiger partial charge is 0.413 e. The van der Waals surface area contributed by atoms with Crippen LogP contribution in [0.25, 0.3) is 0 Å². The van der Waals surface area contributed by atoms with Crippen molar-refractivity contribution in [2.24, 2.45) is 0 Å². The van der Waals surface area contributed by atoms with Crippen molar-refractivity contribution in [3.63, 3.8) is 0 Å². The van der Waals surface area contributed by atoms with Gasteiger partial charge >= 0.3 is 12.1 Å². The molecule has 0 aliphatic rings. The molecule has 1 rings (SSSR count). The molecule has 0 spiro atoms. The molecule has 0 fully saturated rings. The van der Waals surface area contributed by atoms with Crippen molar-refractivity contribution in [1.29, 1.82) is 0 Å². The van der Waals surface area contributed by atoms with Gasteiger partial charge in [-0.15, -0.1) is 0 Å². The number of nitrogens with one attached hydrogen (secondary N) is 1. The normalized spacial score (nSPS) is 11.8. The Balaban J connectivity index is 2.98. The largest absolute Gasteiger partial charge is 0.456 e. The Hall–Kier alpha value is -1.76. The van der Waals surface area contributed by atoms with E-state index < -0.39 is 23.2 Å². The molecule has 0 atom stereocenters. The van der Waals surface area contributed by atoms with Crippen molar-refractivity contribution in [3.05, 3.63) is 22.2 Å². The maximum absolute atomic E-state index is 12.1. The van der Waals surface area contributed by atoms with Gasteiger partial charge in [0, 0.05) is 5.54 Å². The van der Waals surface area contributed by atoms with Gasteiger partial charge in [0.1, 0.15) is 11.4 Å². The third-order valence-electron chi connectivity index (χ3n) is 2.44. The first-order valence-electron chi connectivity index (χ1n) is 7.11. The molecule has 0 saturated heterocycles. The Labute approximate surface area is 144 Å². The molecular weight excluding hydrogens is 364 g/mol. The van der Waals surface area contributed by atoms with E-state index in [0.717, 1.165) is 0 Å². The Morgan fingerprint density at radius 1 is 1.13 bits per heavy atom. The highest BCUT2D eigenvalue weighted by molar-refractivity contribution is 9.10. The molecule has 0 unspecified atom stereocenters. The van der Waals surface area contributed by atoms with Crippen molar-refractivity contribution in [2.45, 2.75) is 52.7 Å². The lowest BCUT2D eigenvalue weighted by molar-refractivity contribution is 0.00707. The number of nitrogens with two attached hydrogens (primary N) is 1. The summed E-state index contributed by atoms with van der Waals surface area (Å²) >= 11 is 3.25. The van der Waals surface area contributed by atoms with E-state index >= 15 is 0 Å². The van der Waals surface area contributed by atoms with Crippen LogP contribution < -0.4 is 15.8 Å². The van der Waals surface area contributed by atoms with E-state index in [0.29, 0.717) is 4.47 Å². The van der Waals surface area contributed by atoms with E-state index in [1.165, 1.54) is 12.1 Å². The van der Waals surface area contributed by atoms with Crippen LogP contribution in [0.2, 0.25) is 0 Å². The molecule has 23 heavy (non-hydrogen) atoms. The topological polar surface area (TPSA) is 90.6 Å². The van der Waals surface area contributed by atoms with Gasteiger partial charge in [-0.2, -0.15) is 0 Å². The quantitative estimate of drug-likeness (QED) is 0.594. The molecule has 1 aromatic rings. The van der Waals surface area contributed by atoms with Crippen LogP contribution in [0, 0.1) is 0 Å². The molecule has 128 valence electrons. The first kappa shape index (κ1) is 19.3. The monoisotopic (exact) mass is 386 g/mol. The fourth-order valence-electron chi connectivity index (χ4n) is 1.59. The average Bonchev–Trinajstić information content (AvgIpc) is 2.30. The van der Waals surface area contributed by atoms with E-state index in [9.17, 15) is 9.59 Å². The van der Waals surface area contributed by atoms with Crippen LogP contribution in [0.1, 0.15) is 51.9 Å². The fraction of sp³-hybridized carbons (Fsp3) is 0.500. The standard InChI is InChI=1S/C16H23BrN2O4/c1-15(2,3)19-14(21)22-10-8-7-9(12(18)11(10)17)13(20)23-16(4,5)6/h7-8H,18H2,1-6H3,(H,19,21). The van der Waals surface area contributed by atoms with Crippen LogP contribution in [-0.4, -0.2) is 23.2 Å². The van der Waals surface area contributed by atoms with Gasteiger partial charge in [0.2, 0.25) is 0 Å². The van der Waals surface area contributed by atoms with Crippen molar-refractivity contribution < 1.29 is 19.1 Å². The molecule has 1 amide bonds. The van der Waals surface area contributed by atoms with Gasteiger partial charge in [0.15, 0.2) is 0 Å². The number of carbonyl (C=O) groups is 2. The molecule has 1 aromatic carbocycles. The Bertz CT molecular complexity index is 616. The molecule has 0 aliphatic carbocycles. The molecule has 0 bridgehead atoms. The van der Waals surface area contributed by atoms with Crippen LogP contribution in [0.15, 0.2) is 16.6 Å². The number of halogens is 1. The predicted molar refractivity (Wildman–Crippen MR) is 92.6 cm³/mol. The van der Waals surface area contributed by atoms with E-state index in [1.807, 2.05) is 20.8 Å². The number of nitrogen functional groups attached to an aromatic ring is 1. The summed E-state index contributed by atoms with van der Waals surface area (Å²) < 4.78 is 10.8. The van der Waals surface area contributed by atoms with Gasteiger partial charge < -0.3 is 20.5 Å². The summed E-state index contributed by atoms with van der Waals surface area (Å²) in [6.07, 6.45) is -0.609. The van der Waals surface area contributed by atoms with Crippen LogP contribution in [-0.2, 0) is 4.74 Å². The van der Waals surface area contributed by atoms with Gasteiger partial charge in [0.25, 0.3) is 0 Å². The number of rotatable bonds is 2. The van der Waals surface area contributed by atoms with Crippen LogP contribution in [0.5, 0.6) is 5.75 Å². The highest BCUT2D eigenvalue weighted by atomic mass is 79.9. The fourth-order valence-corrected chi connectivity index (χ4v) is 2.02. The van der Waals surface area contributed by atoms with Crippen molar-refractivity contribution >= 4 is 33.7 Å². The first-order valence-corrected chi connectivity index (χ1v) is 7.91. The number of hydrogen-bond acceptors (Lipinski definition) is 5. The number of esters is 1. The van der Waals surface area contributed by atoms with Gasteiger partial charge in [0.05, 0.1) is 15.7 Å². The predicted octanol–water partition coefficient (Wildman–Crippen LogP) is 3.87. The van der Waals surface area contributed by atoms with Crippen LogP contribution >= 0.6 is 15.9 Å². The van der Waals surface area contributed by atoms with E-state index in [-0.39, 0.29) is 17.0 Å². The van der Waals surface area contributed by atoms with Crippen molar-refractivity contribution in [2.75, 3.05) is 5.73 Å². The zero-order chi connectivity index (χ0) is 18.0. The zero-order valence-corrected chi connectivity index (χ0v) is 15.8. The highest BCUT2D eigenvalue weighted by Gasteiger charge is 2.23. The van der Waals surface area contributed by atoms with E-state index in [4.69, 9.17) is 15.2 Å². The summed E-state index contributed by atoms with van der Waals surface area (Å²) in [5.41, 5.74) is 5.25. The van der Waals surface area contributed by atoms with Crippen molar-refractivity contribution in [3.8, 4) is 5.75 Å². The number of amides is 1. The van der Waals surface area contributed by atoms with Gasteiger partial charge in [-0.05, 0) is 69.6 Å². The number of ether oxygens (including phenoxy) is 2. The lowest BCUT2D eigenvalue weighted by Gasteiger charge is -2.21. The first-order chi connectivity index (χ1) is 10.3. The molecule has 0 aromatic heterocycles. The molecule has 6 nitrogen and oxygen atoms in total. The molecular formula is C16H23BrN2O4. The van der Waals surface area contributed by atoms with Gasteiger partial charge in [-0.1, -0.05) is 0 Å². The second kappa shape index (κ2) is 6.78. The number of anilines is 1. The molecule has 3 N–H and O–H groups in total. The molecule has 0 saturated carbocycles. The second-order valence-electron chi connectivity index (χ2n) is 7.11. The molecule has 7 heteroatoms. The summed E-state index contributed by atoms with van der Waals surface area (Å²) in [5, 5.41) is 2.67. The Morgan fingerprint density at radius 2 is 1.70 bits per heavy atom. The summed E-state index contributed by atoms with van der Waals surface area (Å²) in [5.74, 6) is -0.321. The number of hydrogen-bond donors (Lipinski definition) is 2. The summed E-state index contributed by atoms with van der Waals surface area (Å²) in [6, 6.07) is 2.95. The maximum atomic E-state index is 12.1. The highest BCUT2D eigenvalue weighted by Crippen LogP contribution is 2.34. The average molecular weight is 387 g/mol. The minimum Gasteiger partial charge on any atom is -0.456 e. The molecule has 0 aliphatic heterocycles. The Morgan fingerprint density at radius 3 is 2.17 bits per heavy atom. The van der Waals surface area contributed by atoms with Crippen molar-refractivity contribution in [1.82, 2.24) is 5.32 Å². The zero-order valence-electron chi connectivity index (χ0n) is 14.2. The van der Waals surface area contributed by atoms with E-state index in [2.05, 4.69) is 21.2 Å². The third kappa shape index (κ3) is 6.09. The summed E-state index contributed by atoms with van der Waals surface area (Å²) in [7, 11) is 0. The summed E-state index contributed by atoms with van der Waals surface area (Å²) in [4.78, 5) is 23.9. The lowest BCUT2D eigenvalue weighted by Crippen LogP contribution is -2.42. The van der Waals surface area contributed by atoms with Gasteiger partial charge in [-0.3, -0.25) is 0 Å². The Kier molecular flexibility index (Phi) is 5.69. The molecule has 0 radical (unpaired) electrons. The SMILES string of the molecule is CC(C)(C)NC(=O)Oc1ccc(C(=O)OC(C)(C)C)c(N)c1Br. The second-order valence-corrected chi connectivity index (χ2v) is 7.90. The minimum atomic E-state index is -0.627. The third-order valence-corrected chi connectivity index (χ3v) is 3.26.